The lowest BCUT2D eigenvalue weighted by atomic mass is 10.4. The molecule has 1 unspecified atom stereocenters. The summed E-state index contributed by atoms with van der Waals surface area (Å²) in [6.45, 7) is 8.05. The molecule has 54 valence electrons. The van der Waals surface area contributed by atoms with Gasteiger partial charge in [0.2, 0.25) is 0 Å². The van der Waals surface area contributed by atoms with Gasteiger partial charge in [0.1, 0.15) is 0 Å². The van der Waals surface area contributed by atoms with Crippen LogP contribution in [0.15, 0.2) is 0 Å². The van der Waals surface area contributed by atoms with E-state index in [1.165, 1.54) is 12.8 Å². The van der Waals surface area contributed by atoms with Gasteiger partial charge in [-0.1, -0.05) is 0 Å². The minimum absolute atomic E-state index is 0.623. The highest BCUT2D eigenvalue weighted by atomic mass is 31.2. The van der Waals surface area contributed by atoms with Gasteiger partial charge in [-0.3, -0.25) is 0 Å². The fourth-order valence-corrected chi connectivity index (χ4v) is 2.68. The first-order chi connectivity index (χ1) is 4.11. The zero-order chi connectivity index (χ0) is 6.91. The Balaban J connectivity index is 2.42. The summed E-state index contributed by atoms with van der Waals surface area (Å²) >= 11 is 0. The molecule has 1 saturated heterocycles. The highest BCUT2D eigenvalue weighted by molar-refractivity contribution is 7.74. The minimum Gasteiger partial charge on any atom is -0.344 e. The Hall–Kier alpha value is 0.390. The van der Waals surface area contributed by atoms with Crippen LogP contribution >= 0.6 is 7.26 Å². The Morgan fingerprint density at radius 3 is 2.22 bits per heavy atom. The monoisotopic (exact) mass is 147 g/mol. The van der Waals surface area contributed by atoms with E-state index in [-0.39, 0.29) is 0 Å². The van der Waals surface area contributed by atoms with E-state index >= 15 is 0 Å². The first-order valence-corrected chi connectivity index (χ1v) is 6.73. The van der Waals surface area contributed by atoms with Crippen LogP contribution in [0.2, 0.25) is 0 Å². The highest BCUT2D eigenvalue weighted by Crippen LogP contribution is 2.55. The van der Waals surface area contributed by atoms with Crippen molar-refractivity contribution in [3.8, 4) is 0 Å². The molecule has 0 aromatic heterocycles. The van der Waals surface area contributed by atoms with Gasteiger partial charge in [-0.25, -0.2) is 0 Å². The van der Waals surface area contributed by atoms with Crippen LogP contribution in [0.5, 0.6) is 0 Å². The molecule has 1 aliphatic rings. The summed E-state index contributed by atoms with van der Waals surface area (Å²) in [4.78, 5) is 0. The first kappa shape index (κ1) is 7.50. The largest absolute Gasteiger partial charge is 0.344 e. The maximum atomic E-state index is 5.57. The smallest absolute Gasteiger partial charge is 0.166 e. The molecule has 0 aromatic rings. The van der Waals surface area contributed by atoms with E-state index in [4.69, 9.17) is 4.74 Å². The van der Waals surface area contributed by atoms with Gasteiger partial charge in [-0.15, -0.1) is 0 Å². The van der Waals surface area contributed by atoms with Gasteiger partial charge in [0.15, 0.2) is 5.85 Å². The molecule has 9 heavy (non-hydrogen) atoms. The predicted molar refractivity (Wildman–Crippen MR) is 43.7 cm³/mol. The van der Waals surface area contributed by atoms with Crippen LogP contribution in [0.25, 0.3) is 0 Å². The predicted octanol–water partition coefficient (Wildman–Crippen LogP) is 2.03. The van der Waals surface area contributed by atoms with Crippen molar-refractivity contribution in [2.45, 2.75) is 18.7 Å². The molecule has 0 saturated carbocycles. The van der Waals surface area contributed by atoms with Gasteiger partial charge in [0.05, 0.1) is 26.6 Å². The second kappa shape index (κ2) is 2.56. The van der Waals surface area contributed by atoms with Crippen molar-refractivity contribution in [2.24, 2.45) is 0 Å². The van der Waals surface area contributed by atoms with E-state index in [9.17, 15) is 0 Å². The Labute approximate surface area is 58.1 Å². The van der Waals surface area contributed by atoms with Gasteiger partial charge < -0.3 is 4.74 Å². The zero-order valence-corrected chi connectivity index (χ0v) is 7.45. The molecule has 0 bridgehead atoms. The third-order valence-corrected chi connectivity index (χ3v) is 3.90. The Kier molecular flexibility index (Phi) is 2.13. The van der Waals surface area contributed by atoms with Crippen molar-refractivity contribution in [2.75, 3.05) is 26.6 Å². The van der Waals surface area contributed by atoms with Crippen molar-refractivity contribution in [1.82, 2.24) is 0 Å². The molecule has 1 nitrogen and oxygen atoms in total. The molecule has 1 aliphatic heterocycles. The SMILES string of the molecule is C[P+](C)(C)C1CCCO1. The Bertz CT molecular complexity index is 89.6. The summed E-state index contributed by atoms with van der Waals surface area (Å²) < 4.78 is 5.57. The van der Waals surface area contributed by atoms with Crippen molar-refractivity contribution < 1.29 is 4.74 Å². The van der Waals surface area contributed by atoms with Crippen molar-refractivity contribution in [3.05, 3.63) is 0 Å². The van der Waals surface area contributed by atoms with Crippen LogP contribution in [-0.4, -0.2) is 32.4 Å². The highest BCUT2D eigenvalue weighted by Gasteiger charge is 2.34. The van der Waals surface area contributed by atoms with E-state index in [1.807, 2.05) is 0 Å². The molecular formula is C7H16OP+. The summed E-state index contributed by atoms with van der Waals surface area (Å²) in [5.41, 5.74) is 0. The lowest BCUT2D eigenvalue weighted by Crippen LogP contribution is -2.08. The van der Waals surface area contributed by atoms with E-state index in [0.717, 1.165) is 6.61 Å². The Morgan fingerprint density at radius 2 is 2.00 bits per heavy atom. The lowest BCUT2D eigenvalue weighted by molar-refractivity contribution is 0.168. The van der Waals surface area contributed by atoms with Crippen molar-refractivity contribution in [1.29, 1.82) is 0 Å². The molecule has 1 rings (SSSR count). The zero-order valence-electron chi connectivity index (χ0n) is 6.55. The molecule has 0 aromatic carbocycles. The minimum atomic E-state index is -0.686. The molecule has 0 N–H and O–H groups in total. The van der Waals surface area contributed by atoms with Gasteiger partial charge in [-0.05, 0) is 6.42 Å². The normalized spacial score (nSPS) is 29.0. The van der Waals surface area contributed by atoms with Crippen LogP contribution in [-0.2, 0) is 4.74 Å². The molecule has 0 amide bonds. The van der Waals surface area contributed by atoms with E-state index in [2.05, 4.69) is 20.0 Å². The maximum Gasteiger partial charge on any atom is 0.166 e. The molecule has 2 heteroatoms. The van der Waals surface area contributed by atoms with Crippen LogP contribution in [0, 0.1) is 0 Å². The van der Waals surface area contributed by atoms with Gasteiger partial charge in [0, 0.05) is 13.7 Å². The fourth-order valence-electron chi connectivity index (χ4n) is 1.17. The van der Waals surface area contributed by atoms with Crippen molar-refractivity contribution in [3.63, 3.8) is 0 Å². The molecule has 0 aliphatic carbocycles. The molecular weight excluding hydrogens is 131 g/mol. The summed E-state index contributed by atoms with van der Waals surface area (Å²) in [6.07, 6.45) is 2.58. The van der Waals surface area contributed by atoms with E-state index in [0.29, 0.717) is 5.85 Å². The molecule has 0 spiro atoms. The second-order valence-corrected chi connectivity index (χ2v) is 8.39. The Morgan fingerprint density at radius 1 is 1.33 bits per heavy atom. The fraction of sp³-hybridized carbons (Fsp3) is 1.00. The molecule has 1 atom stereocenters. The van der Waals surface area contributed by atoms with Crippen LogP contribution < -0.4 is 0 Å². The first-order valence-electron chi connectivity index (χ1n) is 3.53. The quantitative estimate of drug-likeness (QED) is 0.515. The summed E-state index contributed by atoms with van der Waals surface area (Å²) in [7, 11) is -0.686. The molecule has 1 heterocycles. The third kappa shape index (κ3) is 1.91. The van der Waals surface area contributed by atoms with Crippen LogP contribution in [0.4, 0.5) is 0 Å². The molecule has 1 fully saturated rings. The standard InChI is InChI=1S/C7H16OP/c1-9(2,3)7-5-4-6-8-7/h7H,4-6H2,1-3H3/q+1. The third-order valence-electron chi connectivity index (χ3n) is 1.77. The average molecular weight is 147 g/mol. The van der Waals surface area contributed by atoms with Crippen molar-refractivity contribution >= 4 is 7.26 Å². The number of hydrogen-bond donors (Lipinski definition) is 0. The van der Waals surface area contributed by atoms with Gasteiger partial charge >= 0.3 is 0 Å². The van der Waals surface area contributed by atoms with Crippen LogP contribution in [0.3, 0.4) is 0 Å². The summed E-state index contributed by atoms with van der Waals surface area (Å²) in [5, 5.41) is 0. The topological polar surface area (TPSA) is 9.23 Å². The van der Waals surface area contributed by atoms with E-state index < -0.39 is 7.26 Å². The van der Waals surface area contributed by atoms with Gasteiger partial charge in [-0.2, -0.15) is 0 Å². The van der Waals surface area contributed by atoms with Gasteiger partial charge in [0.25, 0.3) is 0 Å². The molecule has 0 radical (unpaired) electrons. The maximum absolute atomic E-state index is 5.57. The number of rotatable bonds is 1. The number of ether oxygens (including phenoxy) is 1. The van der Waals surface area contributed by atoms with E-state index in [1.54, 1.807) is 0 Å². The summed E-state index contributed by atoms with van der Waals surface area (Å²) in [6, 6.07) is 0. The van der Waals surface area contributed by atoms with Crippen LogP contribution in [0.1, 0.15) is 12.8 Å². The average Bonchev–Trinajstić information content (AvgIpc) is 2.08. The second-order valence-electron chi connectivity index (χ2n) is 3.58. The lowest BCUT2D eigenvalue weighted by Gasteiger charge is -2.18. The summed E-state index contributed by atoms with van der Waals surface area (Å²) in [5.74, 6) is 0.623. The number of hydrogen-bond acceptors (Lipinski definition) is 1.